The van der Waals surface area contributed by atoms with Gasteiger partial charge in [-0.3, -0.25) is 0 Å². The normalized spacial score (nSPS) is 19.8. The average Bonchev–Trinajstić information content (AvgIpc) is 2.59. The van der Waals surface area contributed by atoms with E-state index in [1.54, 1.807) is 12.5 Å². The van der Waals surface area contributed by atoms with Crippen LogP contribution < -0.4 is 5.32 Å². The summed E-state index contributed by atoms with van der Waals surface area (Å²) >= 11 is 2.25. The number of aliphatic imine (C=N–C) groups is 1. The molecule has 0 atom stereocenters. The molecule has 0 amide bonds. The first-order chi connectivity index (χ1) is 6.75. The maximum Gasteiger partial charge on any atom is 0.175 e. The lowest BCUT2D eigenvalue weighted by atomic mass is 10.5. The molecule has 0 spiro atoms. The third-order valence-electron chi connectivity index (χ3n) is 1.70. The number of halogens is 1. The summed E-state index contributed by atoms with van der Waals surface area (Å²) in [5, 5.41) is 10.7. The minimum Gasteiger partial charge on any atom is -0.346 e. The van der Waals surface area contributed by atoms with Gasteiger partial charge in [-0.05, 0) is 22.6 Å². The van der Waals surface area contributed by atoms with Crippen LogP contribution in [0.2, 0.25) is 0 Å². The fourth-order valence-electron chi connectivity index (χ4n) is 1.03. The molecule has 1 aliphatic heterocycles. The molecule has 1 aliphatic rings. The van der Waals surface area contributed by atoms with Crippen molar-refractivity contribution in [3.63, 3.8) is 0 Å². The van der Waals surface area contributed by atoms with Gasteiger partial charge in [-0.15, -0.1) is 10.2 Å². The van der Waals surface area contributed by atoms with Crippen LogP contribution >= 0.6 is 22.6 Å². The fraction of sp³-hybridized carbons (Fsp3) is 0.125. The minimum atomic E-state index is 0.593. The van der Waals surface area contributed by atoms with Crippen LogP contribution in [0.3, 0.4) is 0 Å². The zero-order valence-electron chi connectivity index (χ0n) is 7.31. The van der Waals surface area contributed by atoms with Crippen molar-refractivity contribution in [3.05, 3.63) is 34.3 Å². The van der Waals surface area contributed by atoms with Crippen molar-refractivity contribution in [2.75, 3.05) is 0 Å². The first kappa shape index (κ1) is 9.38. The zero-order valence-corrected chi connectivity index (χ0v) is 9.47. The van der Waals surface area contributed by atoms with Gasteiger partial charge in [-0.25, -0.2) is 4.99 Å². The zero-order chi connectivity index (χ0) is 9.97. The largest absolute Gasteiger partial charge is 0.346 e. The molecule has 2 heterocycles. The van der Waals surface area contributed by atoms with Gasteiger partial charge in [0, 0.05) is 9.78 Å². The highest BCUT2D eigenvalue weighted by atomic mass is 127. The summed E-state index contributed by atoms with van der Waals surface area (Å²) in [5.74, 6) is 1.33. The first-order valence-corrected chi connectivity index (χ1v) is 5.05. The fourth-order valence-corrected chi connectivity index (χ4v) is 1.55. The molecule has 6 heteroatoms. The predicted molar refractivity (Wildman–Crippen MR) is 62.0 cm³/mol. The summed E-state index contributed by atoms with van der Waals surface area (Å²) in [5.41, 5.74) is 0. The Labute approximate surface area is 94.8 Å². The average molecular weight is 301 g/mol. The summed E-state index contributed by atoms with van der Waals surface area (Å²) < 4.78 is 3.05. The number of allylic oxidation sites excluding steroid dienone is 1. The third kappa shape index (κ3) is 2.00. The Morgan fingerprint density at radius 3 is 3.29 bits per heavy atom. The quantitative estimate of drug-likeness (QED) is 0.729. The highest BCUT2D eigenvalue weighted by Gasteiger charge is 2.04. The van der Waals surface area contributed by atoms with Crippen LogP contribution in [0.15, 0.2) is 33.5 Å². The van der Waals surface area contributed by atoms with Crippen LogP contribution in [0.4, 0.5) is 0 Å². The number of aromatic nitrogens is 3. The maximum absolute atomic E-state index is 4.09. The molecule has 0 bridgehead atoms. The van der Waals surface area contributed by atoms with Crippen molar-refractivity contribution in [2.24, 2.45) is 4.99 Å². The van der Waals surface area contributed by atoms with E-state index < -0.39 is 0 Å². The van der Waals surface area contributed by atoms with Gasteiger partial charge in [-0.2, -0.15) is 0 Å². The highest BCUT2D eigenvalue weighted by molar-refractivity contribution is 14.1. The lowest BCUT2D eigenvalue weighted by Gasteiger charge is -2.01. The number of hydrogen-bond acceptors (Lipinski definition) is 4. The molecule has 0 aromatic carbocycles. The molecule has 0 fully saturated rings. The number of fused-ring (bicyclic) bond motifs is 1. The molecule has 0 unspecified atom stereocenters. The number of nitrogens with zero attached hydrogens (tertiary/aromatic N) is 4. The minimum absolute atomic E-state index is 0.593. The van der Waals surface area contributed by atoms with Gasteiger partial charge < -0.3 is 9.88 Å². The Kier molecular flexibility index (Phi) is 2.62. The van der Waals surface area contributed by atoms with Crippen LogP contribution in [0.5, 0.6) is 0 Å². The molecule has 0 radical (unpaired) electrons. The Morgan fingerprint density at radius 2 is 2.43 bits per heavy atom. The van der Waals surface area contributed by atoms with Crippen LogP contribution in [0, 0.1) is 0 Å². The van der Waals surface area contributed by atoms with Gasteiger partial charge in [0.05, 0.1) is 12.8 Å². The topological polar surface area (TPSA) is 55.1 Å². The SMILES string of the molecule is C=C1N=Cc2nncn2C/C(I)=C\N1. The molecule has 1 aromatic heterocycles. The molecular formula is C8H8IN5. The molecule has 14 heavy (non-hydrogen) atoms. The third-order valence-corrected chi connectivity index (χ3v) is 2.35. The summed E-state index contributed by atoms with van der Waals surface area (Å²) in [7, 11) is 0. The van der Waals surface area contributed by atoms with Crippen LogP contribution in [-0.4, -0.2) is 21.0 Å². The second kappa shape index (κ2) is 3.91. The molecule has 5 nitrogen and oxygen atoms in total. The molecule has 72 valence electrons. The molecule has 1 N–H and O–H groups in total. The van der Waals surface area contributed by atoms with Crippen LogP contribution in [-0.2, 0) is 6.54 Å². The van der Waals surface area contributed by atoms with Gasteiger partial charge in [0.1, 0.15) is 12.1 Å². The van der Waals surface area contributed by atoms with Crippen molar-refractivity contribution < 1.29 is 0 Å². The smallest absolute Gasteiger partial charge is 0.175 e. The Balaban J connectivity index is 2.41. The van der Waals surface area contributed by atoms with E-state index in [0.29, 0.717) is 5.82 Å². The van der Waals surface area contributed by atoms with E-state index in [-0.39, 0.29) is 0 Å². The van der Waals surface area contributed by atoms with Crippen molar-refractivity contribution in [2.45, 2.75) is 6.54 Å². The number of nitrogens with one attached hydrogen (secondary N) is 1. The van der Waals surface area contributed by atoms with E-state index in [1.807, 2.05) is 10.8 Å². The predicted octanol–water partition coefficient (Wildman–Crippen LogP) is 1.05. The maximum atomic E-state index is 4.09. The van der Waals surface area contributed by atoms with E-state index in [9.17, 15) is 0 Å². The summed E-state index contributed by atoms with van der Waals surface area (Å²) in [6.07, 6.45) is 5.20. The molecule has 2 rings (SSSR count). The highest BCUT2D eigenvalue weighted by Crippen LogP contribution is 2.10. The van der Waals surface area contributed by atoms with Crippen LogP contribution in [0.1, 0.15) is 5.82 Å². The lowest BCUT2D eigenvalue weighted by molar-refractivity contribution is 0.803. The Morgan fingerprint density at radius 1 is 1.57 bits per heavy atom. The van der Waals surface area contributed by atoms with E-state index in [4.69, 9.17) is 0 Å². The first-order valence-electron chi connectivity index (χ1n) is 3.97. The van der Waals surface area contributed by atoms with Gasteiger partial charge in [0.25, 0.3) is 0 Å². The van der Waals surface area contributed by atoms with Gasteiger partial charge in [-0.1, -0.05) is 6.58 Å². The molecule has 1 aromatic rings. The number of hydrogen-bond donors (Lipinski definition) is 1. The van der Waals surface area contributed by atoms with E-state index in [2.05, 4.69) is 49.7 Å². The van der Waals surface area contributed by atoms with Crippen LogP contribution in [0.25, 0.3) is 0 Å². The standard InChI is InChI=1S/C8H8IN5/c1-6-10-2-7(9)4-14-5-12-13-8(14)3-11-6/h2-3,5,10H,1,4H2/b7-2+,11-3?. The molecule has 0 saturated carbocycles. The van der Waals surface area contributed by atoms with Crippen molar-refractivity contribution in [1.29, 1.82) is 0 Å². The van der Waals surface area contributed by atoms with Crippen molar-refractivity contribution >= 4 is 28.8 Å². The van der Waals surface area contributed by atoms with Gasteiger partial charge in [0.2, 0.25) is 0 Å². The van der Waals surface area contributed by atoms with Crippen molar-refractivity contribution in [1.82, 2.24) is 20.1 Å². The Bertz CT molecular complexity index is 417. The Hall–Kier alpha value is -1.18. The van der Waals surface area contributed by atoms with E-state index in [0.717, 1.165) is 15.9 Å². The summed E-state index contributed by atoms with van der Waals surface area (Å²) in [6, 6.07) is 0. The summed E-state index contributed by atoms with van der Waals surface area (Å²) in [6.45, 7) is 4.48. The second-order valence-electron chi connectivity index (χ2n) is 2.76. The van der Waals surface area contributed by atoms with Crippen molar-refractivity contribution in [3.8, 4) is 0 Å². The second-order valence-corrected chi connectivity index (χ2v) is 4.14. The van der Waals surface area contributed by atoms with Gasteiger partial charge in [0.15, 0.2) is 5.82 Å². The monoisotopic (exact) mass is 301 g/mol. The molecule has 0 saturated heterocycles. The molecular weight excluding hydrogens is 293 g/mol. The lowest BCUT2D eigenvalue weighted by Crippen LogP contribution is -2.02. The van der Waals surface area contributed by atoms with Gasteiger partial charge >= 0.3 is 0 Å². The summed E-state index contributed by atoms with van der Waals surface area (Å²) in [4.78, 5) is 4.09. The van der Waals surface area contributed by atoms with E-state index >= 15 is 0 Å². The molecule has 0 aliphatic carbocycles. The number of rotatable bonds is 0. The van der Waals surface area contributed by atoms with E-state index in [1.165, 1.54) is 0 Å².